The first-order valence-electron chi connectivity index (χ1n) is 9.27. The van der Waals surface area contributed by atoms with Crippen molar-refractivity contribution < 1.29 is 14.6 Å². The summed E-state index contributed by atoms with van der Waals surface area (Å²) in [5.74, 6) is -0.0540. The third-order valence-corrected chi connectivity index (χ3v) is 5.52. The lowest BCUT2D eigenvalue weighted by molar-refractivity contribution is 0.0691. The molecule has 1 aromatic heterocycles. The first-order valence-corrected chi connectivity index (χ1v) is 10.0. The van der Waals surface area contributed by atoms with E-state index in [-0.39, 0.29) is 12.2 Å². The number of nitrogens with zero attached hydrogens (tertiary/aromatic N) is 2. The summed E-state index contributed by atoms with van der Waals surface area (Å²) in [6.45, 7) is 2.66. The van der Waals surface area contributed by atoms with Crippen molar-refractivity contribution in [3.8, 4) is 5.75 Å². The number of carboxylic acids is 1. The van der Waals surface area contributed by atoms with Crippen molar-refractivity contribution >= 4 is 40.2 Å². The van der Waals surface area contributed by atoms with E-state index in [2.05, 4.69) is 0 Å². The van der Waals surface area contributed by atoms with E-state index in [0.29, 0.717) is 28.2 Å². The summed E-state index contributed by atoms with van der Waals surface area (Å²) in [7, 11) is 0. The van der Waals surface area contributed by atoms with E-state index in [4.69, 9.17) is 32.9 Å². The summed E-state index contributed by atoms with van der Waals surface area (Å²) in [5.41, 5.74) is 3.99. The zero-order valence-corrected chi connectivity index (χ0v) is 17.6. The van der Waals surface area contributed by atoms with Gasteiger partial charge in [-0.3, -0.25) is 0 Å². The second-order valence-electron chi connectivity index (χ2n) is 6.94. The van der Waals surface area contributed by atoms with Crippen molar-refractivity contribution in [2.24, 2.45) is 0 Å². The predicted molar refractivity (Wildman–Crippen MR) is 118 cm³/mol. The Labute approximate surface area is 183 Å². The summed E-state index contributed by atoms with van der Waals surface area (Å²) in [6.07, 6.45) is 0. The van der Waals surface area contributed by atoms with E-state index in [1.54, 1.807) is 24.3 Å². The number of halogens is 2. The average Bonchev–Trinajstić information content (AvgIpc) is 3.05. The number of para-hydroxylation sites is 1. The van der Waals surface area contributed by atoms with Gasteiger partial charge in [0.2, 0.25) is 0 Å². The Kier molecular flexibility index (Phi) is 5.66. The lowest BCUT2D eigenvalue weighted by Crippen LogP contribution is -2.10. The van der Waals surface area contributed by atoms with Crippen LogP contribution in [0, 0.1) is 6.92 Å². The Morgan fingerprint density at radius 2 is 1.87 bits per heavy atom. The second kappa shape index (κ2) is 8.38. The molecule has 0 aliphatic heterocycles. The number of hydrogen-bond acceptors (Lipinski definition) is 3. The van der Waals surface area contributed by atoms with Crippen LogP contribution >= 0.6 is 23.2 Å². The van der Waals surface area contributed by atoms with Gasteiger partial charge in [0.15, 0.2) is 0 Å². The first-order chi connectivity index (χ1) is 14.4. The van der Waals surface area contributed by atoms with Gasteiger partial charge in [0.1, 0.15) is 23.7 Å². The highest BCUT2D eigenvalue weighted by molar-refractivity contribution is 6.42. The lowest BCUT2D eigenvalue weighted by Gasteiger charge is -2.12. The minimum Gasteiger partial charge on any atom is -0.485 e. The lowest BCUT2D eigenvalue weighted by atomic mass is 10.2. The van der Waals surface area contributed by atoms with Crippen LogP contribution in [-0.2, 0) is 13.2 Å². The molecule has 0 aliphatic rings. The molecule has 5 nitrogen and oxygen atoms in total. The van der Waals surface area contributed by atoms with Crippen LogP contribution in [0.15, 0.2) is 60.7 Å². The molecule has 7 heteroatoms. The molecule has 30 heavy (non-hydrogen) atoms. The largest absolute Gasteiger partial charge is 0.485 e. The van der Waals surface area contributed by atoms with Crippen LogP contribution in [0.5, 0.6) is 5.75 Å². The van der Waals surface area contributed by atoms with Gasteiger partial charge in [-0.2, -0.15) is 0 Å². The molecule has 4 aromatic rings. The minimum atomic E-state index is -1.04. The molecule has 0 unspecified atom stereocenters. The van der Waals surface area contributed by atoms with Crippen molar-refractivity contribution in [2.45, 2.75) is 20.1 Å². The smallest absolute Gasteiger partial charge is 0.339 e. The van der Waals surface area contributed by atoms with Gasteiger partial charge in [-0.1, -0.05) is 47.5 Å². The quantitative estimate of drug-likeness (QED) is 0.400. The van der Waals surface area contributed by atoms with Gasteiger partial charge in [-0.05, 0) is 54.4 Å². The highest BCUT2D eigenvalue weighted by Gasteiger charge is 2.15. The van der Waals surface area contributed by atoms with Crippen LogP contribution in [0.4, 0.5) is 0 Å². The number of fused-ring (bicyclic) bond motifs is 1. The van der Waals surface area contributed by atoms with Gasteiger partial charge < -0.3 is 14.4 Å². The standard InChI is InChI=1S/C23H18Cl2N2O3/c1-14-6-9-20-19(10-14)26-22(13-30-21-5-3-2-4-16(21)23(28)29)27(20)12-15-7-8-17(24)18(25)11-15/h2-11H,12-13H2,1H3,(H,28,29). The number of carboxylic acid groups (broad SMARTS) is 1. The van der Waals surface area contributed by atoms with Gasteiger partial charge in [0, 0.05) is 6.54 Å². The van der Waals surface area contributed by atoms with Crippen LogP contribution in [0.1, 0.15) is 27.3 Å². The molecular weight excluding hydrogens is 423 g/mol. The van der Waals surface area contributed by atoms with Gasteiger partial charge in [-0.15, -0.1) is 0 Å². The Morgan fingerprint density at radius 3 is 2.63 bits per heavy atom. The molecule has 3 aromatic carbocycles. The molecule has 0 radical (unpaired) electrons. The van der Waals surface area contributed by atoms with Crippen molar-refractivity contribution in [3.05, 3.63) is 93.2 Å². The highest BCUT2D eigenvalue weighted by atomic mass is 35.5. The monoisotopic (exact) mass is 440 g/mol. The fourth-order valence-electron chi connectivity index (χ4n) is 3.31. The maximum atomic E-state index is 11.5. The molecule has 0 saturated carbocycles. The van der Waals surface area contributed by atoms with E-state index in [1.165, 1.54) is 6.07 Å². The Balaban J connectivity index is 1.71. The van der Waals surface area contributed by atoms with E-state index in [1.807, 2.05) is 41.8 Å². The van der Waals surface area contributed by atoms with Crippen molar-refractivity contribution in [2.75, 3.05) is 0 Å². The molecular formula is C23H18Cl2N2O3. The summed E-state index contributed by atoms with van der Waals surface area (Å²) >= 11 is 12.2. The van der Waals surface area contributed by atoms with Crippen molar-refractivity contribution in [1.29, 1.82) is 0 Å². The van der Waals surface area contributed by atoms with Crippen LogP contribution in [-0.4, -0.2) is 20.6 Å². The zero-order valence-electron chi connectivity index (χ0n) is 16.1. The molecule has 152 valence electrons. The van der Waals surface area contributed by atoms with Crippen molar-refractivity contribution in [3.63, 3.8) is 0 Å². The van der Waals surface area contributed by atoms with Gasteiger partial charge in [0.05, 0.1) is 21.1 Å². The Hall–Kier alpha value is -3.02. The van der Waals surface area contributed by atoms with Gasteiger partial charge in [-0.25, -0.2) is 9.78 Å². The maximum absolute atomic E-state index is 11.5. The molecule has 0 amide bonds. The molecule has 0 bridgehead atoms. The molecule has 0 saturated heterocycles. The number of aryl methyl sites for hydroxylation is 1. The highest BCUT2D eigenvalue weighted by Crippen LogP contribution is 2.26. The number of benzene rings is 3. The molecule has 0 fully saturated rings. The summed E-state index contributed by atoms with van der Waals surface area (Å²) in [6, 6.07) is 18.1. The topological polar surface area (TPSA) is 64.3 Å². The minimum absolute atomic E-state index is 0.112. The molecule has 1 heterocycles. The number of aromatic carboxylic acids is 1. The molecule has 4 rings (SSSR count). The predicted octanol–water partition coefficient (Wildman–Crippen LogP) is 5.98. The first kappa shape index (κ1) is 20.3. The SMILES string of the molecule is Cc1ccc2c(c1)nc(COc1ccccc1C(=O)O)n2Cc1ccc(Cl)c(Cl)c1. The average molecular weight is 441 g/mol. The van der Waals surface area contributed by atoms with E-state index in [0.717, 1.165) is 22.2 Å². The number of aromatic nitrogens is 2. The molecule has 0 atom stereocenters. The van der Waals surface area contributed by atoms with Crippen LogP contribution in [0.2, 0.25) is 10.0 Å². The fourth-order valence-corrected chi connectivity index (χ4v) is 3.63. The van der Waals surface area contributed by atoms with Gasteiger partial charge >= 0.3 is 5.97 Å². The molecule has 1 N–H and O–H groups in total. The number of imidazole rings is 1. The van der Waals surface area contributed by atoms with Crippen molar-refractivity contribution in [1.82, 2.24) is 9.55 Å². The number of hydrogen-bond donors (Lipinski definition) is 1. The third-order valence-electron chi connectivity index (χ3n) is 4.78. The van der Waals surface area contributed by atoms with Gasteiger partial charge in [0.25, 0.3) is 0 Å². The number of rotatable bonds is 6. The number of carbonyl (C=O) groups is 1. The maximum Gasteiger partial charge on any atom is 0.339 e. The Bertz CT molecular complexity index is 1250. The molecule has 0 aliphatic carbocycles. The van der Waals surface area contributed by atoms with Crippen LogP contribution < -0.4 is 4.74 Å². The van der Waals surface area contributed by atoms with E-state index >= 15 is 0 Å². The zero-order chi connectivity index (χ0) is 21.3. The summed E-state index contributed by atoms with van der Waals surface area (Å²) in [5, 5.41) is 10.4. The normalized spacial score (nSPS) is 11.0. The third kappa shape index (κ3) is 4.13. The number of ether oxygens (including phenoxy) is 1. The molecule has 0 spiro atoms. The summed E-state index contributed by atoms with van der Waals surface area (Å²) < 4.78 is 7.89. The van der Waals surface area contributed by atoms with E-state index < -0.39 is 5.97 Å². The second-order valence-corrected chi connectivity index (χ2v) is 7.76. The van der Waals surface area contributed by atoms with Crippen LogP contribution in [0.25, 0.3) is 11.0 Å². The van der Waals surface area contributed by atoms with E-state index in [9.17, 15) is 9.90 Å². The summed E-state index contributed by atoms with van der Waals surface area (Å²) in [4.78, 5) is 16.2. The Morgan fingerprint density at radius 1 is 1.07 bits per heavy atom. The fraction of sp³-hybridized carbons (Fsp3) is 0.130. The van der Waals surface area contributed by atoms with Crippen LogP contribution in [0.3, 0.4) is 0 Å².